The van der Waals surface area contributed by atoms with Crippen LogP contribution in [0.2, 0.25) is 0 Å². The number of benzene rings is 2. The lowest BCUT2D eigenvalue weighted by atomic mass is 9.95. The molecule has 1 N–H and O–H groups in total. The van der Waals surface area contributed by atoms with Gasteiger partial charge in [0, 0.05) is 0 Å². The Morgan fingerprint density at radius 1 is 1.09 bits per heavy atom. The van der Waals surface area contributed by atoms with Gasteiger partial charge in [-0.2, -0.15) is 0 Å². The van der Waals surface area contributed by atoms with Crippen molar-refractivity contribution in [2.24, 2.45) is 0 Å². The fraction of sp³-hybridized carbons (Fsp3) is 0.0952. The van der Waals surface area contributed by atoms with Gasteiger partial charge in [-0.15, -0.1) is 0 Å². The van der Waals surface area contributed by atoms with Crippen LogP contribution >= 0.6 is 0 Å². The minimum atomic E-state index is -0.822. The third kappa shape index (κ3) is 4.30. The van der Waals surface area contributed by atoms with Crippen molar-refractivity contribution < 1.29 is 9.90 Å². The topological polar surface area (TPSA) is 37.3 Å². The highest BCUT2D eigenvalue weighted by molar-refractivity contribution is 5.79. The van der Waals surface area contributed by atoms with Crippen molar-refractivity contribution >= 4 is 17.6 Å². The highest BCUT2D eigenvalue weighted by Crippen LogP contribution is 2.22. The number of carboxylic acids is 1. The molecule has 0 heterocycles. The predicted molar refractivity (Wildman–Crippen MR) is 96.1 cm³/mol. The Labute approximate surface area is 137 Å². The van der Waals surface area contributed by atoms with Crippen molar-refractivity contribution in [3.63, 3.8) is 0 Å². The van der Waals surface area contributed by atoms with Gasteiger partial charge in [-0.25, -0.2) is 0 Å². The summed E-state index contributed by atoms with van der Waals surface area (Å²) in [7, 11) is 0. The first-order chi connectivity index (χ1) is 11.1. The monoisotopic (exact) mass is 304 g/mol. The molecular weight excluding hydrogens is 284 g/mol. The first kappa shape index (κ1) is 16.5. The molecule has 116 valence electrons. The maximum atomic E-state index is 11.2. The number of carboxylic acid groups (broad SMARTS) is 1. The van der Waals surface area contributed by atoms with Crippen LogP contribution in [0.5, 0.6) is 0 Å². The van der Waals surface area contributed by atoms with Crippen molar-refractivity contribution in [2.45, 2.75) is 12.8 Å². The number of carbonyl (C=O) groups is 1. The molecular formula is C21H20O2. The predicted octanol–water partition coefficient (Wildman–Crippen LogP) is 5.16. The van der Waals surface area contributed by atoms with Crippen LogP contribution in [0.3, 0.4) is 0 Å². The van der Waals surface area contributed by atoms with Crippen molar-refractivity contribution in [3.05, 3.63) is 96.1 Å². The summed E-state index contributed by atoms with van der Waals surface area (Å²) in [6.45, 7) is 5.55. The maximum Gasteiger partial charge on any atom is 0.310 e. The molecule has 2 aromatic rings. The summed E-state index contributed by atoms with van der Waals surface area (Å²) in [6, 6.07) is 17.6. The van der Waals surface area contributed by atoms with Crippen molar-refractivity contribution in [1.29, 1.82) is 0 Å². The summed E-state index contributed by atoms with van der Waals surface area (Å²) < 4.78 is 0. The number of hydrogen-bond acceptors (Lipinski definition) is 1. The molecule has 0 amide bonds. The zero-order valence-electron chi connectivity index (χ0n) is 13.1. The Kier molecular flexibility index (Phi) is 5.70. The van der Waals surface area contributed by atoms with E-state index in [1.165, 1.54) is 0 Å². The van der Waals surface area contributed by atoms with Gasteiger partial charge in [-0.1, -0.05) is 85.5 Å². The summed E-state index contributed by atoms with van der Waals surface area (Å²) in [5.74, 6) is -1.36. The van der Waals surface area contributed by atoms with E-state index < -0.39 is 11.9 Å². The molecule has 0 aliphatic carbocycles. The Bertz CT molecular complexity index is 739. The molecule has 0 bridgehead atoms. The van der Waals surface area contributed by atoms with Crippen LogP contribution in [-0.2, 0) is 4.79 Å². The third-order valence-corrected chi connectivity index (χ3v) is 3.71. The van der Waals surface area contributed by atoms with Gasteiger partial charge in [0.25, 0.3) is 0 Å². The fourth-order valence-corrected chi connectivity index (χ4v) is 2.36. The van der Waals surface area contributed by atoms with Gasteiger partial charge in [0.15, 0.2) is 0 Å². The standard InChI is InChI=1S/C21H20O2/c1-3-17(18-10-5-4-6-11-18)13-9-14-19-12-7-8-15-20(19)16(2)21(22)23/h3-16H,1H2,2H3,(H,22,23). The van der Waals surface area contributed by atoms with Gasteiger partial charge >= 0.3 is 5.97 Å². The van der Waals surface area contributed by atoms with Crippen LogP contribution in [-0.4, -0.2) is 11.1 Å². The van der Waals surface area contributed by atoms with Gasteiger partial charge in [-0.05, 0) is 29.2 Å². The molecule has 0 saturated heterocycles. The van der Waals surface area contributed by atoms with E-state index in [4.69, 9.17) is 0 Å². The third-order valence-electron chi connectivity index (χ3n) is 3.71. The van der Waals surface area contributed by atoms with Crippen LogP contribution in [0, 0.1) is 0 Å². The quantitative estimate of drug-likeness (QED) is 0.749. The molecule has 2 aromatic carbocycles. The lowest BCUT2D eigenvalue weighted by Crippen LogP contribution is -2.08. The van der Waals surface area contributed by atoms with E-state index in [0.29, 0.717) is 0 Å². The van der Waals surface area contributed by atoms with Gasteiger partial charge < -0.3 is 5.11 Å². The number of allylic oxidation sites excluding steroid dienone is 4. The second kappa shape index (κ2) is 7.95. The van der Waals surface area contributed by atoms with Crippen LogP contribution < -0.4 is 0 Å². The van der Waals surface area contributed by atoms with E-state index in [1.54, 1.807) is 6.92 Å². The summed E-state index contributed by atoms with van der Waals surface area (Å²) >= 11 is 0. The minimum Gasteiger partial charge on any atom is -0.481 e. The normalized spacial score (nSPS) is 13.0. The molecule has 0 aliphatic heterocycles. The Morgan fingerprint density at radius 3 is 2.39 bits per heavy atom. The molecule has 1 unspecified atom stereocenters. The zero-order valence-corrected chi connectivity index (χ0v) is 13.1. The molecule has 2 nitrogen and oxygen atoms in total. The Balaban J connectivity index is 2.28. The summed E-state index contributed by atoms with van der Waals surface area (Å²) in [5.41, 5.74) is 3.84. The first-order valence-corrected chi connectivity index (χ1v) is 7.51. The number of hydrogen-bond donors (Lipinski definition) is 1. The molecule has 0 aliphatic rings. The van der Waals surface area contributed by atoms with Gasteiger partial charge in [-0.3, -0.25) is 4.79 Å². The molecule has 2 heteroatoms. The average Bonchev–Trinajstić information content (AvgIpc) is 2.59. The summed E-state index contributed by atoms with van der Waals surface area (Å²) in [4.78, 5) is 11.2. The van der Waals surface area contributed by atoms with Gasteiger partial charge in [0.1, 0.15) is 0 Å². The highest BCUT2D eigenvalue weighted by Gasteiger charge is 2.15. The zero-order chi connectivity index (χ0) is 16.7. The molecule has 0 spiro atoms. The van der Waals surface area contributed by atoms with Crippen molar-refractivity contribution in [3.8, 4) is 0 Å². The smallest absolute Gasteiger partial charge is 0.310 e. The fourth-order valence-electron chi connectivity index (χ4n) is 2.36. The molecule has 0 saturated carbocycles. The van der Waals surface area contributed by atoms with Crippen molar-refractivity contribution in [1.82, 2.24) is 0 Å². The van der Waals surface area contributed by atoms with Crippen LogP contribution in [0.1, 0.15) is 29.5 Å². The molecule has 23 heavy (non-hydrogen) atoms. The summed E-state index contributed by atoms with van der Waals surface area (Å²) in [5, 5.41) is 9.21. The van der Waals surface area contributed by atoms with Crippen LogP contribution in [0.25, 0.3) is 11.6 Å². The second-order valence-electron chi connectivity index (χ2n) is 5.24. The highest BCUT2D eigenvalue weighted by atomic mass is 16.4. The summed E-state index contributed by atoms with van der Waals surface area (Å²) in [6.07, 6.45) is 7.65. The van der Waals surface area contributed by atoms with Crippen LogP contribution in [0.4, 0.5) is 0 Å². The average molecular weight is 304 g/mol. The molecule has 0 radical (unpaired) electrons. The lowest BCUT2D eigenvalue weighted by Gasteiger charge is -2.10. The van der Waals surface area contributed by atoms with Gasteiger partial charge in [0.2, 0.25) is 0 Å². The van der Waals surface area contributed by atoms with E-state index in [0.717, 1.165) is 22.3 Å². The SMILES string of the molecule is C=CC(=CC=Cc1ccccc1C(C)C(=O)O)c1ccccc1. The van der Waals surface area contributed by atoms with E-state index in [9.17, 15) is 9.90 Å². The first-order valence-electron chi connectivity index (χ1n) is 7.51. The molecule has 2 rings (SSSR count). The number of rotatable bonds is 6. The van der Waals surface area contributed by atoms with E-state index in [1.807, 2.05) is 78.9 Å². The lowest BCUT2D eigenvalue weighted by molar-refractivity contribution is -0.138. The van der Waals surface area contributed by atoms with Gasteiger partial charge in [0.05, 0.1) is 5.92 Å². The maximum absolute atomic E-state index is 11.2. The Hall–Kier alpha value is -2.87. The number of aliphatic carboxylic acids is 1. The molecule has 1 atom stereocenters. The van der Waals surface area contributed by atoms with E-state index >= 15 is 0 Å². The Morgan fingerprint density at radius 2 is 1.74 bits per heavy atom. The van der Waals surface area contributed by atoms with E-state index in [-0.39, 0.29) is 0 Å². The molecule has 0 aromatic heterocycles. The van der Waals surface area contributed by atoms with Crippen molar-refractivity contribution in [2.75, 3.05) is 0 Å². The molecule has 0 fully saturated rings. The second-order valence-corrected chi connectivity index (χ2v) is 5.24. The van der Waals surface area contributed by atoms with E-state index in [2.05, 4.69) is 6.58 Å². The van der Waals surface area contributed by atoms with Crippen LogP contribution in [0.15, 0.2) is 79.4 Å². The largest absolute Gasteiger partial charge is 0.481 e. The minimum absolute atomic E-state index is 0.534.